The zero-order valence-electron chi connectivity index (χ0n) is 11.4. The van der Waals surface area contributed by atoms with Crippen LogP contribution in [0.2, 0.25) is 0 Å². The number of benzene rings is 1. The number of hydrogen-bond donors (Lipinski definition) is 0. The van der Waals surface area contributed by atoms with Gasteiger partial charge in [0.05, 0.1) is 31.2 Å². The van der Waals surface area contributed by atoms with E-state index in [0.717, 1.165) is 10.6 Å². The summed E-state index contributed by atoms with van der Waals surface area (Å²) >= 11 is 3.12. The maximum absolute atomic E-state index is 13.3. The van der Waals surface area contributed by atoms with Crippen LogP contribution in [-0.4, -0.2) is 22.4 Å². The number of rotatable bonds is 4. The number of aromatic nitrogens is 2. The van der Waals surface area contributed by atoms with Gasteiger partial charge in [-0.15, -0.1) is 0 Å². The third-order valence-electron chi connectivity index (χ3n) is 2.93. The van der Waals surface area contributed by atoms with Gasteiger partial charge < -0.3 is 4.74 Å². The van der Waals surface area contributed by atoms with Crippen molar-refractivity contribution in [2.24, 2.45) is 0 Å². The molecule has 0 spiro atoms. The normalized spacial score (nSPS) is 10.5. The fraction of sp³-hybridized carbons (Fsp3) is 0.214. The molecule has 0 fully saturated rings. The minimum atomic E-state index is -0.547. The standard InChI is InChI=1S/C14H12BrFN2O3/c1-8-13(15)14(20)18(7-17-8)6-11(19)10-5-9(16)3-4-12(10)21-2/h3-5,7H,6H2,1-2H3. The fourth-order valence-corrected chi connectivity index (χ4v) is 2.13. The fourth-order valence-electron chi connectivity index (χ4n) is 1.80. The van der Waals surface area contributed by atoms with Crippen LogP contribution in [0.5, 0.6) is 5.75 Å². The molecule has 0 radical (unpaired) electrons. The Bertz CT molecular complexity index is 758. The molecule has 5 nitrogen and oxygen atoms in total. The second-order valence-electron chi connectivity index (χ2n) is 4.34. The van der Waals surface area contributed by atoms with Crippen LogP contribution in [0.25, 0.3) is 0 Å². The Hall–Kier alpha value is -2.02. The lowest BCUT2D eigenvalue weighted by atomic mass is 10.1. The number of methoxy groups -OCH3 is 1. The smallest absolute Gasteiger partial charge is 0.268 e. The highest BCUT2D eigenvalue weighted by atomic mass is 79.9. The van der Waals surface area contributed by atoms with Crippen LogP contribution in [0.15, 0.2) is 33.8 Å². The number of aryl methyl sites for hydroxylation is 1. The first-order chi connectivity index (χ1) is 9.93. The monoisotopic (exact) mass is 354 g/mol. The summed E-state index contributed by atoms with van der Waals surface area (Å²) in [7, 11) is 1.39. The molecule has 0 atom stereocenters. The van der Waals surface area contributed by atoms with E-state index in [1.807, 2.05) is 0 Å². The van der Waals surface area contributed by atoms with Gasteiger partial charge in [0, 0.05) is 0 Å². The van der Waals surface area contributed by atoms with Crippen LogP contribution in [-0.2, 0) is 6.54 Å². The molecule has 0 bridgehead atoms. The number of ether oxygens (including phenoxy) is 1. The average Bonchev–Trinajstić information content (AvgIpc) is 2.47. The summed E-state index contributed by atoms with van der Waals surface area (Å²) in [6, 6.07) is 3.66. The van der Waals surface area contributed by atoms with Gasteiger partial charge in [-0.25, -0.2) is 9.37 Å². The Labute approximate surface area is 128 Å². The number of ketones is 1. The van der Waals surface area contributed by atoms with E-state index in [1.165, 1.54) is 25.6 Å². The van der Waals surface area contributed by atoms with E-state index in [-0.39, 0.29) is 23.4 Å². The molecule has 1 aromatic carbocycles. The first-order valence-electron chi connectivity index (χ1n) is 6.02. The molecule has 0 N–H and O–H groups in total. The topological polar surface area (TPSA) is 61.2 Å². The van der Waals surface area contributed by atoms with E-state index in [4.69, 9.17) is 4.74 Å². The predicted octanol–water partition coefficient (Wildman–Crippen LogP) is 2.34. The molecule has 0 aliphatic rings. The highest BCUT2D eigenvalue weighted by Gasteiger charge is 2.16. The van der Waals surface area contributed by atoms with Crippen LogP contribution in [0.3, 0.4) is 0 Å². The number of carbonyl (C=O) groups excluding carboxylic acids is 1. The van der Waals surface area contributed by atoms with Gasteiger partial charge in [0.1, 0.15) is 16.0 Å². The Morgan fingerprint density at radius 1 is 1.48 bits per heavy atom. The third kappa shape index (κ3) is 3.18. The molecule has 0 amide bonds. The number of halogens is 2. The van der Waals surface area contributed by atoms with Crippen molar-refractivity contribution in [3.63, 3.8) is 0 Å². The molecular weight excluding hydrogens is 343 g/mol. The van der Waals surface area contributed by atoms with Crippen LogP contribution in [0, 0.1) is 12.7 Å². The molecule has 2 rings (SSSR count). The quantitative estimate of drug-likeness (QED) is 0.790. The summed E-state index contributed by atoms with van der Waals surface area (Å²) in [6.07, 6.45) is 1.28. The summed E-state index contributed by atoms with van der Waals surface area (Å²) < 4.78 is 19.8. The minimum Gasteiger partial charge on any atom is -0.496 e. The van der Waals surface area contributed by atoms with Gasteiger partial charge in [0.2, 0.25) is 0 Å². The first kappa shape index (κ1) is 15.4. The van der Waals surface area contributed by atoms with Crippen molar-refractivity contribution in [1.29, 1.82) is 0 Å². The van der Waals surface area contributed by atoms with Crippen molar-refractivity contribution in [3.8, 4) is 5.75 Å². The zero-order valence-corrected chi connectivity index (χ0v) is 13.0. The molecular formula is C14H12BrFN2O3. The van der Waals surface area contributed by atoms with Gasteiger partial charge in [0.25, 0.3) is 5.56 Å². The summed E-state index contributed by atoms with van der Waals surface area (Å²) in [5.41, 5.74) is 0.249. The van der Waals surface area contributed by atoms with Gasteiger partial charge in [-0.3, -0.25) is 14.2 Å². The molecule has 0 aliphatic carbocycles. The Balaban J connectivity index is 2.37. The van der Waals surface area contributed by atoms with Gasteiger partial charge in [-0.05, 0) is 41.1 Å². The van der Waals surface area contributed by atoms with Crippen LogP contribution in [0.4, 0.5) is 4.39 Å². The molecule has 1 aromatic heterocycles. The summed E-state index contributed by atoms with van der Waals surface area (Å²) in [5, 5.41) is 0. The number of nitrogens with zero attached hydrogens (tertiary/aromatic N) is 2. The lowest BCUT2D eigenvalue weighted by Gasteiger charge is -2.09. The van der Waals surface area contributed by atoms with Gasteiger partial charge in [-0.2, -0.15) is 0 Å². The van der Waals surface area contributed by atoms with Crippen molar-refractivity contribution >= 4 is 21.7 Å². The SMILES string of the molecule is COc1ccc(F)cc1C(=O)Cn1cnc(C)c(Br)c1=O. The number of hydrogen-bond acceptors (Lipinski definition) is 4. The molecule has 7 heteroatoms. The van der Waals surface area contributed by atoms with Crippen LogP contribution >= 0.6 is 15.9 Å². The van der Waals surface area contributed by atoms with E-state index in [2.05, 4.69) is 20.9 Å². The van der Waals surface area contributed by atoms with E-state index < -0.39 is 11.6 Å². The molecule has 0 saturated heterocycles. The van der Waals surface area contributed by atoms with E-state index >= 15 is 0 Å². The van der Waals surface area contributed by atoms with Gasteiger partial charge in [0.15, 0.2) is 5.78 Å². The maximum Gasteiger partial charge on any atom is 0.268 e. The van der Waals surface area contributed by atoms with Crippen molar-refractivity contribution in [2.45, 2.75) is 13.5 Å². The summed E-state index contributed by atoms with van der Waals surface area (Å²) in [4.78, 5) is 28.2. The maximum atomic E-state index is 13.3. The summed E-state index contributed by atoms with van der Waals surface area (Å²) in [6.45, 7) is 1.43. The Kier molecular flexibility index (Phi) is 4.52. The van der Waals surface area contributed by atoms with E-state index in [1.54, 1.807) is 6.92 Å². The minimum absolute atomic E-state index is 0.0843. The molecule has 0 saturated carbocycles. The van der Waals surface area contributed by atoms with E-state index in [0.29, 0.717) is 10.2 Å². The third-order valence-corrected chi connectivity index (χ3v) is 3.85. The van der Waals surface area contributed by atoms with Crippen molar-refractivity contribution < 1.29 is 13.9 Å². The Morgan fingerprint density at radius 2 is 2.19 bits per heavy atom. The first-order valence-corrected chi connectivity index (χ1v) is 6.81. The zero-order chi connectivity index (χ0) is 15.6. The molecule has 0 unspecified atom stereocenters. The molecule has 2 aromatic rings. The lowest BCUT2D eigenvalue weighted by Crippen LogP contribution is -2.26. The van der Waals surface area contributed by atoms with Gasteiger partial charge in [-0.1, -0.05) is 0 Å². The van der Waals surface area contributed by atoms with Crippen LogP contribution < -0.4 is 10.3 Å². The second kappa shape index (κ2) is 6.17. The van der Waals surface area contributed by atoms with Gasteiger partial charge >= 0.3 is 0 Å². The highest BCUT2D eigenvalue weighted by Crippen LogP contribution is 2.20. The molecule has 1 heterocycles. The molecule has 0 aliphatic heterocycles. The number of Topliss-reactive ketones (excluding diaryl/α,β-unsaturated/α-hetero) is 1. The van der Waals surface area contributed by atoms with Crippen molar-refractivity contribution in [2.75, 3.05) is 7.11 Å². The molecule has 21 heavy (non-hydrogen) atoms. The summed E-state index contributed by atoms with van der Waals surface area (Å²) in [5.74, 6) is -0.728. The Morgan fingerprint density at radius 3 is 2.86 bits per heavy atom. The lowest BCUT2D eigenvalue weighted by molar-refractivity contribution is 0.0966. The van der Waals surface area contributed by atoms with Crippen LogP contribution in [0.1, 0.15) is 16.1 Å². The highest BCUT2D eigenvalue weighted by molar-refractivity contribution is 9.10. The molecule has 110 valence electrons. The van der Waals surface area contributed by atoms with Crippen molar-refractivity contribution in [3.05, 3.63) is 56.4 Å². The largest absolute Gasteiger partial charge is 0.496 e. The number of carbonyl (C=O) groups is 1. The average molecular weight is 355 g/mol. The van der Waals surface area contributed by atoms with Crippen molar-refractivity contribution in [1.82, 2.24) is 9.55 Å². The second-order valence-corrected chi connectivity index (χ2v) is 5.14. The van der Waals surface area contributed by atoms with E-state index in [9.17, 15) is 14.0 Å². The predicted molar refractivity (Wildman–Crippen MR) is 78.2 cm³/mol.